The maximum atomic E-state index is 12.4. The van der Waals surface area contributed by atoms with E-state index in [2.05, 4.69) is 4.90 Å². The van der Waals surface area contributed by atoms with E-state index in [1.165, 1.54) is 12.8 Å². The van der Waals surface area contributed by atoms with Crippen LogP contribution in [0.2, 0.25) is 0 Å². The standard InChI is InChI=1S/C16H27N3O3/c20-12-14-10-19(9-13(14)8-17-5-1-2-6-17)16(22)11-18-7-3-4-15(18)21/h13-14,20H,1-12H2/t13-,14-/m0/s1. The number of carbonyl (C=O) groups excluding carboxylic acids is 2. The third-order valence-corrected chi connectivity index (χ3v) is 5.35. The molecule has 0 bridgehead atoms. The van der Waals surface area contributed by atoms with Crippen LogP contribution in [-0.2, 0) is 9.59 Å². The predicted molar refractivity (Wildman–Crippen MR) is 82.1 cm³/mol. The molecule has 0 aromatic carbocycles. The van der Waals surface area contributed by atoms with Crippen LogP contribution in [-0.4, -0.2) is 84.0 Å². The summed E-state index contributed by atoms with van der Waals surface area (Å²) in [7, 11) is 0. The van der Waals surface area contributed by atoms with Gasteiger partial charge in [0.25, 0.3) is 0 Å². The summed E-state index contributed by atoms with van der Waals surface area (Å²) in [5, 5.41) is 9.62. The van der Waals surface area contributed by atoms with E-state index in [1.54, 1.807) is 4.90 Å². The summed E-state index contributed by atoms with van der Waals surface area (Å²) in [5.74, 6) is 0.678. The van der Waals surface area contributed by atoms with E-state index in [9.17, 15) is 14.7 Å². The van der Waals surface area contributed by atoms with E-state index < -0.39 is 0 Å². The highest BCUT2D eigenvalue weighted by Gasteiger charge is 2.37. The molecule has 0 unspecified atom stereocenters. The number of likely N-dealkylation sites (tertiary alicyclic amines) is 3. The number of rotatable bonds is 5. The molecule has 2 amide bonds. The molecule has 3 aliphatic rings. The molecular formula is C16H27N3O3. The van der Waals surface area contributed by atoms with Crippen molar-refractivity contribution in [2.45, 2.75) is 25.7 Å². The minimum absolute atomic E-state index is 0.0395. The molecule has 22 heavy (non-hydrogen) atoms. The van der Waals surface area contributed by atoms with Gasteiger partial charge in [-0.05, 0) is 38.3 Å². The summed E-state index contributed by atoms with van der Waals surface area (Å²) in [6, 6.07) is 0. The Balaban J connectivity index is 1.53. The Morgan fingerprint density at radius 1 is 1.09 bits per heavy atom. The molecule has 6 nitrogen and oxygen atoms in total. The molecule has 0 radical (unpaired) electrons. The van der Waals surface area contributed by atoms with Crippen molar-refractivity contribution in [2.75, 3.05) is 52.4 Å². The van der Waals surface area contributed by atoms with E-state index in [1.807, 2.05) is 4.90 Å². The maximum Gasteiger partial charge on any atom is 0.242 e. The first-order chi connectivity index (χ1) is 10.7. The van der Waals surface area contributed by atoms with Gasteiger partial charge >= 0.3 is 0 Å². The minimum Gasteiger partial charge on any atom is -0.396 e. The van der Waals surface area contributed by atoms with Crippen molar-refractivity contribution in [3.8, 4) is 0 Å². The van der Waals surface area contributed by atoms with Crippen LogP contribution in [0.1, 0.15) is 25.7 Å². The summed E-state index contributed by atoms with van der Waals surface area (Å²) in [6.07, 6.45) is 3.96. The van der Waals surface area contributed by atoms with Gasteiger partial charge in [0.1, 0.15) is 0 Å². The highest BCUT2D eigenvalue weighted by molar-refractivity contribution is 5.86. The monoisotopic (exact) mass is 309 g/mol. The van der Waals surface area contributed by atoms with Gasteiger partial charge in [-0.1, -0.05) is 0 Å². The topological polar surface area (TPSA) is 64.1 Å². The Morgan fingerprint density at radius 2 is 1.82 bits per heavy atom. The van der Waals surface area contributed by atoms with Gasteiger partial charge in [-0.15, -0.1) is 0 Å². The molecule has 6 heteroatoms. The van der Waals surface area contributed by atoms with Crippen molar-refractivity contribution in [3.63, 3.8) is 0 Å². The van der Waals surface area contributed by atoms with Crippen LogP contribution in [0.4, 0.5) is 0 Å². The van der Waals surface area contributed by atoms with E-state index >= 15 is 0 Å². The summed E-state index contributed by atoms with van der Waals surface area (Å²) in [6.45, 7) is 5.70. The van der Waals surface area contributed by atoms with Gasteiger partial charge in [0, 0.05) is 45.1 Å². The minimum atomic E-state index is 0.0395. The number of hydrogen-bond acceptors (Lipinski definition) is 4. The lowest BCUT2D eigenvalue weighted by Gasteiger charge is -2.23. The van der Waals surface area contributed by atoms with Crippen LogP contribution in [0.3, 0.4) is 0 Å². The van der Waals surface area contributed by atoms with Crippen molar-refractivity contribution >= 4 is 11.8 Å². The normalized spacial score (nSPS) is 29.8. The first kappa shape index (κ1) is 15.7. The van der Waals surface area contributed by atoms with Crippen molar-refractivity contribution in [2.24, 2.45) is 11.8 Å². The molecule has 0 spiro atoms. The lowest BCUT2D eigenvalue weighted by Crippen LogP contribution is -2.40. The predicted octanol–water partition coefficient (Wildman–Crippen LogP) is -0.228. The van der Waals surface area contributed by atoms with Crippen molar-refractivity contribution in [1.29, 1.82) is 0 Å². The molecule has 3 heterocycles. The van der Waals surface area contributed by atoms with Gasteiger partial charge in [0.05, 0.1) is 6.54 Å². The quantitative estimate of drug-likeness (QED) is 0.762. The summed E-state index contributed by atoms with van der Waals surface area (Å²) >= 11 is 0. The van der Waals surface area contributed by atoms with Crippen molar-refractivity contribution in [3.05, 3.63) is 0 Å². The van der Waals surface area contributed by atoms with Crippen LogP contribution in [0.15, 0.2) is 0 Å². The highest BCUT2D eigenvalue weighted by Crippen LogP contribution is 2.26. The molecule has 3 aliphatic heterocycles. The van der Waals surface area contributed by atoms with E-state index in [0.29, 0.717) is 25.4 Å². The molecule has 0 saturated carbocycles. The van der Waals surface area contributed by atoms with E-state index in [0.717, 1.165) is 32.6 Å². The molecule has 3 fully saturated rings. The molecule has 0 aliphatic carbocycles. The van der Waals surface area contributed by atoms with E-state index in [4.69, 9.17) is 0 Å². The van der Waals surface area contributed by atoms with Crippen LogP contribution in [0.25, 0.3) is 0 Å². The second kappa shape index (κ2) is 6.96. The van der Waals surface area contributed by atoms with Gasteiger partial charge < -0.3 is 19.8 Å². The maximum absolute atomic E-state index is 12.4. The second-order valence-corrected chi connectivity index (χ2v) is 6.93. The zero-order valence-corrected chi connectivity index (χ0v) is 13.2. The molecule has 0 aromatic heterocycles. The largest absolute Gasteiger partial charge is 0.396 e. The number of nitrogens with zero attached hydrogens (tertiary/aromatic N) is 3. The average Bonchev–Trinajstić information content (AvgIpc) is 3.22. The Hall–Kier alpha value is -1.14. The highest BCUT2D eigenvalue weighted by atomic mass is 16.3. The first-order valence-electron chi connectivity index (χ1n) is 8.56. The number of aliphatic hydroxyl groups excluding tert-OH is 1. The molecule has 1 N–H and O–H groups in total. The Labute approximate surface area is 132 Å². The third kappa shape index (κ3) is 3.43. The molecule has 0 aromatic rings. The fourth-order valence-electron chi connectivity index (χ4n) is 3.99. The number of aliphatic hydroxyl groups is 1. The lowest BCUT2D eigenvalue weighted by molar-refractivity contribution is -0.137. The Kier molecular flexibility index (Phi) is 4.98. The second-order valence-electron chi connectivity index (χ2n) is 6.93. The Bertz CT molecular complexity index is 423. The van der Waals surface area contributed by atoms with Gasteiger partial charge in [0.2, 0.25) is 11.8 Å². The third-order valence-electron chi connectivity index (χ3n) is 5.35. The van der Waals surface area contributed by atoms with Gasteiger partial charge in [-0.25, -0.2) is 0 Å². The van der Waals surface area contributed by atoms with Gasteiger partial charge in [-0.2, -0.15) is 0 Å². The van der Waals surface area contributed by atoms with Crippen molar-refractivity contribution < 1.29 is 14.7 Å². The van der Waals surface area contributed by atoms with Gasteiger partial charge in [0.15, 0.2) is 0 Å². The summed E-state index contributed by atoms with van der Waals surface area (Å²) in [4.78, 5) is 30.1. The Morgan fingerprint density at radius 3 is 2.45 bits per heavy atom. The lowest BCUT2D eigenvalue weighted by atomic mass is 9.96. The fourth-order valence-corrected chi connectivity index (χ4v) is 3.99. The first-order valence-corrected chi connectivity index (χ1v) is 8.56. The van der Waals surface area contributed by atoms with Crippen LogP contribution in [0.5, 0.6) is 0 Å². The molecular weight excluding hydrogens is 282 g/mol. The van der Waals surface area contributed by atoms with E-state index in [-0.39, 0.29) is 30.9 Å². The number of hydrogen-bond donors (Lipinski definition) is 1. The zero-order chi connectivity index (χ0) is 15.5. The molecule has 124 valence electrons. The van der Waals surface area contributed by atoms with Crippen LogP contribution < -0.4 is 0 Å². The molecule has 2 atom stereocenters. The van der Waals surface area contributed by atoms with Crippen molar-refractivity contribution in [1.82, 2.24) is 14.7 Å². The van der Waals surface area contributed by atoms with Crippen LogP contribution >= 0.6 is 0 Å². The molecule has 3 rings (SSSR count). The van der Waals surface area contributed by atoms with Crippen LogP contribution in [0, 0.1) is 11.8 Å². The average molecular weight is 309 g/mol. The SMILES string of the molecule is O=C1CCCN1CC(=O)N1C[C@@H](CO)[C@@H](CN2CCCC2)C1. The fraction of sp³-hybridized carbons (Fsp3) is 0.875. The smallest absolute Gasteiger partial charge is 0.242 e. The zero-order valence-electron chi connectivity index (χ0n) is 13.2. The summed E-state index contributed by atoms with van der Waals surface area (Å²) in [5.41, 5.74) is 0. The molecule has 3 saturated heterocycles. The number of carbonyl (C=O) groups is 2. The summed E-state index contributed by atoms with van der Waals surface area (Å²) < 4.78 is 0. The van der Waals surface area contributed by atoms with Gasteiger partial charge in [-0.3, -0.25) is 9.59 Å². The number of amides is 2.